The number of alkyl halides is 1. The zero-order chi connectivity index (χ0) is 15.0. The lowest BCUT2D eigenvalue weighted by atomic mass is 10.1. The summed E-state index contributed by atoms with van der Waals surface area (Å²) in [4.78, 5) is 13.6. The second-order valence-electron chi connectivity index (χ2n) is 4.21. The maximum Gasteiger partial charge on any atom is 0.351 e. The number of ether oxygens (including phenoxy) is 1. The van der Waals surface area contributed by atoms with Gasteiger partial charge in [-0.2, -0.15) is 0 Å². The van der Waals surface area contributed by atoms with Crippen LogP contribution in [-0.4, -0.2) is 37.0 Å². The van der Waals surface area contributed by atoms with Gasteiger partial charge in [-0.3, -0.25) is 4.94 Å². The van der Waals surface area contributed by atoms with Gasteiger partial charge in [-0.05, 0) is 17.7 Å². The molecule has 0 spiro atoms. The normalized spacial score (nSPS) is 13.6. The molecular weight excluding hydrogens is 272 g/mol. The van der Waals surface area contributed by atoms with E-state index in [4.69, 9.17) is 4.74 Å². The molecule has 0 saturated carbocycles. The van der Waals surface area contributed by atoms with Crippen molar-refractivity contribution in [1.29, 1.82) is 0 Å². The second-order valence-corrected chi connectivity index (χ2v) is 4.21. The van der Waals surface area contributed by atoms with E-state index in [1.165, 1.54) is 0 Å². The predicted molar refractivity (Wildman–Crippen MR) is 67.4 cm³/mol. The Morgan fingerprint density at radius 1 is 1.40 bits per heavy atom. The average Bonchev–Trinajstić information content (AvgIpc) is 2.48. The van der Waals surface area contributed by atoms with Crippen LogP contribution in [0.4, 0.5) is 8.92 Å². The maximum atomic E-state index is 12.8. The summed E-state index contributed by atoms with van der Waals surface area (Å²) in [5, 5.41) is 12.3. The zero-order valence-electron chi connectivity index (χ0n) is 11.0. The van der Waals surface area contributed by atoms with Gasteiger partial charge in [-0.25, -0.2) is 9.18 Å². The van der Waals surface area contributed by atoms with Crippen LogP contribution in [0, 0.1) is 0 Å². The molecule has 2 atom stereocenters. The maximum absolute atomic E-state index is 12.8. The molecule has 0 saturated heterocycles. The molecule has 1 aromatic rings. The molecule has 0 heterocycles. The van der Waals surface area contributed by atoms with Crippen molar-refractivity contribution in [2.24, 2.45) is 0 Å². The fourth-order valence-corrected chi connectivity index (χ4v) is 1.63. The van der Waals surface area contributed by atoms with E-state index in [9.17, 15) is 18.8 Å². The number of benzene rings is 1. The van der Waals surface area contributed by atoms with Crippen LogP contribution in [0.2, 0.25) is 0 Å². The molecule has 112 valence electrons. The van der Waals surface area contributed by atoms with E-state index in [-0.39, 0.29) is 0 Å². The molecule has 1 aromatic carbocycles. The number of hydrogen-bond acceptors (Lipinski definition) is 5. The van der Waals surface area contributed by atoms with E-state index in [1.54, 1.807) is 31.4 Å². The third-order valence-electron chi connectivity index (χ3n) is 2.82. The number of nitrogens with one attached hydrogen (secondary N) is 1. The molecule has 0 aliphatic carbocycles. The van der Waals surface area contributed by atoms with Crippen molar-refractivity contribution < 1.29 is 28.5 Å². The van der Waals surface area contributed by atoms with Crippen molar-refractivity contribution in [3.63, 3.8) is 0 Å². The van der Waals surface area contributed by atoms with Crippen molar-refractivity contribution in [3.8, 4) is 5.75 Å². The Balaban J connectivity index is 2.49. The molecule has 0 aromatic heterocycles. The quantitative estimate of drug-likeness (QED) is 0.755. The first kappa shape index (κ1) is 16.3. The summed E-state index contributed by atoms with van der Waals surface area (Å²) in [5.74, 6) is -0.538. The summed E-state index contributed by atoms with van der Waals surface area (Å²) < 4.78 is 29.3. The molecule has 0 radical (unpaired) electrons. The van der Waals surface area contributed by atoms with Gasteiger partial charge in [-0.1, -0.05) is 12.1 Å². The number of rotatable bonds is 8. The van der Waals surface area contributed by atoms with Crippen LogP contribution in [0.15, 0.2) is 24.3 Å². The van der Waals surface area contributed by atoms with Crippen LogP contribution in [-0.2, 0) is 16.3 Å². The molecule has 0 bridgehead atoms. The van der Waals surface area contributed by atoms with Crippen molar-refractivity contribution in [1.82, 2.24) is 5.32 Å². The Morgan fingerprint density at radius 3 is 2.55 bits per heavy atom. The lowest BCUT2D eigenvalue weighted by Gasteiger charge is -2.20. The van der Waals surface area contributed by atoms with Crippen molar-refractivity contribution in [2.45, 2.75) is 25.1 Å². The van der Waals surface area contributed by atoms with Crippen LogP contribution in [0.5, 0.6) is 5.75 Å². The number of methoxy groups -OCH3 is 1. The van der Waals surface area contributed by atoms with Gasteiger partial charge in [0.15, 0.2) is 0 Å². The summed E-state index contributed by atoms with van der Waals surface area (Å²) in [6, 6.07) is 6.08. The Hall–Kier alpha value is -1.73. The van der Waals surface area contributed by atoms with E-state index >= 15 is 0 Å². The summed E-state index contributed by atoms with van der Waals surface area (Å²) in [5.41, 5.74) is 0.851. The van der Waals surface area contributed by atoms with Crippen LogP contribution in [0.1, 0.15) is 12.0 Å². The highest BCUT2D eigenvalue weighted by Gasteiger charge is 2.22. The fourth-order valence-electron chi connectivity index (χ4n) is 1.63. The van der Waals surface area contributed by atoms with Gasteiger partial charge in [-0.15, -0.1) is 0 Å². The van der Waals surface area contributed by atoms with E-state index in [1.807, 2.05) is 0 Å². The van der Waals surface area contributed by atoms with Crippen LogP contribution in [0.25, 0.3) is 0 Å². The van der Waals surface area contributed by atoms with Crippen molar-refractivity contribution in [2.75, 3.05) is 13.8 Å². The SMILES string of the molecule is COc1ccc(CNC(CF)C(O)CC(=O)OF)cc1. The number of aliphatic hydroxyl groups is 1. The minimum atomic E-state index is -1.36. The number of carbonyl (C=O) groups is 1. The Bertz CT molecular complexity index is 413. The molecule has 5 nitrogen and oxygen atoms in total. The largest absolute Gasteiger partial charge is 0.497 e. The minimum absolute atomic E-state index is 0.292. The highest BCUT2D eigenvalue weighted by Crippen LogP contribution is 2.11. The van der Waals surface area contributed by atoms with E-state index in [0.717, 1.165) is 5.56 Å². The Labute approximate surface area is 115 Å². The van der Waals surface area contributed by atoms with Gasteiger partial charge in [0, 0.05) is 11.1 Å². The molecule has 20 heavy (non-hydrogen) atoms. The second kappa shape index (κ2) is 8.44. The molecule has 0 amide bonds. The van der Waals surface area contributed by atoms with E-state index in [2.05, 4.69) is 10.3 Å². The van der Waals surface area contributed by atoms with Crippen molar-refractivity contribution in [3.05, 3.63) is 29.8 Å². The molecule has 2 unspecified atom stereocenters. The molecule has 0 aliphatic heterocycles. The van der Waals surface area contributed by atoms with Gasteiger partial charge in [0.2, 0.25) is 0 Å². The molecule has 2 N–H and O–H groups in total. The average molecular weight is 289 g/mol. The Kier molecular flexibility index (Phi) is 6.89. The monoisotopic (exact) mass is 289 g/mol. The lowest BCUT2D eigenvalue weighted by Crippen LogP contribution is -2.42. The first-order valence-corrected chi connectivity index (χ1v) is 6.02. The number of halogens is 2. The molecule has 1 rings (SSSR count). The first-order chi connectivity index (χ1) is 9.60. The lowest BCUT2D eigenvalue weighted by molar-refractivity contribution is -0.186. The zero-order valence-corrected chi connectivity index (χ0v) is 11.0. The van der Waals surface area contributed by atoms with Gasteiger partial charge < -0.3 is 15.2 Å². The summed E-state index contributed by atoms with van der Waals surface area (Å²) in [6.45, 7) is -0.600. The summed E-state index contributed by atoms with van der Waals surface area (Å²) in [6.07, 6.45) is -1.97. The summed E-state index contributed by atoms with van der Waals surface area (Å²) in [7, 11) is 1.55. The molecule has 0 aliphatic rings. The van der Waals surface area contributed by atoms with E-state index < -0.39 is 31.2 Å². The van der Waals surface area contributed by atoms with E-state index in [0.29, 0.717) is 12.3 Å². The van der Waals surface area contributed by atoms with Crippen LogP contribution < -0.4 is 10.1 Å². The highest BCUT2D eigenvalue weighted by molar-refractivity contribution is 5.69. The topological polar surface area (TPSA) is 67.8 Å². The number of aliphatic hydroxyl groups excluding tert-OH is 1. The van der Waals surface area contributed by atoms with Gasteiger partial charge in [0.25, 0.3) is 0 Å². The van der Waals surface area contributed by atoms with Gasteiger partial charge in [0.1, 0.15) is 12.4 Å². The fraction of sp³-hybridized carbons (Fsp3) is 0.462. The molecule has 7 heteroatoms. The molecular formula is C13H17F2NO4. The van der Waals surface area contributed by atoms with Gasteiger partial charge >= 0.3 is 5.97 Å². The standard InChI is InChI=1S/C13H17F2NO4/c1-19-10-4-2-9(3-5-10)8-16-11(7-14)12(17)6-13(18)20-15/h2-5,11-12,16-17H,6-8H2,1H3. The van der Waals surface area contributed by atoms with Crippen LogP contribution >= 0.6 is 0 Å². The van der Waals surface area contributed by atoms with Gasteiger partial charge in [0.05, 0.1) is 25.7 Å². The molecule has 0 fully saturated rings. The van der Waals surface area contributed by atoms with Crippen molar-refractivity contribution >= 4 is 5.97 Å². The number of hydrogen-bond donors (Lipinski definition) is 2. The number of carbonyl (C=O) groups excluding carboxylic acids is 1. The Morgan fingerprint density at radius 2 is 2.05 bits per heavy atom. The van der Waals surface area contributed by atoms with Crippen LogP contribution in [0.3, 0.4) is 0 Å². The predicted octanol–water partition coefficient (Wildman–Crippen LogP) is 1.30. The minimum Gasteiger partial charge on any atom is -0.497 e. The third kappa shape index (κ3) is 5.10. The highest BCUT2D eigenvalue weighted by atomic mass is 19.3. The smallest absolute Gasteiger partial charge is 0.351 e. The summed E-state index contributed by atoms with van der Waals surface area (Å²) >= 11 is 0. The first-order valence-electron chi connectivity index (χ1n) is 6.02. The third-order valence-corrected chi connectivity index (χ3v) is 2.82.